The molecule has 1 aromatic carbocycles. The molecule has 110 valence electrons. The summed E-state index contributed by atoms with van der Waals surface area (Å²) in [6, 6.07) is 7.64. The molecule has 0 aliphatic rings. The summed E-state index contributed by atoms with van der Waals surface area (Å²) >= 11 is 1.51. The number of hydrogen-bond donors (Lipinski definition) is 2. The lowest BCUT2D eigenvalue weighted by Crippen LogP contribution is -2.08. The van der Waals surface area contributed by atoms with Gasteiger partial charge in [-0.1, -0.05) is 19.1 Å². The van der Waals surface area contributed by atoms with Crippen LogP contribution in [0.15, 0.2) is 34.7 Å². The van der Waals surface area contributed by atoms with Gasteiger partial charge in [0, 0.05) is 28.8 Å². The number of anilines is 2. The molecule has 6 heteroatoms. The number of hydrogen-bond acceptors (Lipinski definition) is 5. The maximum atomic E-state index is 11.3. The van der Waals surface area contributed by atoms with Crippen molar-refractivity contribution >= 4 is 33.8 Å². The molecule has 1 aromatic heterocycles. The van der Waals surface area contributed by atoms with Crippen LogP contribution in [0.5, 0.6) is 0 Å². The Morgan fingerprint density at radius 3 is 2.62 bits per heavy atom. The van der Waals surface area contributed by atoms with Crippen molar-refractivity contribution in [3.63, 3.8) is 0 Å². The van der Waals surface area contributed by atoms with Gasteiger partial charge in [-0.3, -0.25) is 10.2 Å². The number of carbonyl (C=O) groups excluding carboxylic acids is 1. The van der Waals surface area contributed by atoms with Gasteiger partial charge in [0.05, 0.1) is 5.69 Å². The molecular weight excluding hydrogens is 284 g/mol. The van der Waals surface area contributed by atoms with E-state index in [2.05, 4.69) is 20.8 Å². The fraction of sp³-hybridized carbons (Fsp3) is 0.267. The Hall–Kier alpha value is -2.21. The van der Waals surface area contributed by atoms with Gasteiger partial charge in [0.15, 0.2) is 0 Å². The first-order valence-electron chi connectivity index (χ1n) is 6.71. The molecule has 0 fully saturated rings. The number of nitrogens with one attached hydrogen (secondary N) is 2. The quantitative estimate of drug-likeness (QED) is 0.649. The second kappa shape index (κ2) is 6.99. The number of aromatic nitrogens is 1. The van der Waals surface area contributed by atoms with Gasteiger partial charge >= 0.3 is 0 Å². The fourth-order valence-corrected chi connectivity index (χ4v) is 2.25. The maximum absolute atomic E-state index is 11.3. The van der Waals surface area contributed by atoms with Gasteiger partial charge in [-0.25, -0.2) is 4.98 Å². The van der Waals surface area contributed by atoms with Gasteiger partial charge in [-0.15, -0.1) is 11.3 Å². The molecule has 0 atom stereocenters. The predicted octanol–water partition coefficient (Wildman–Crippen LogP) is 3.97. The Bertz CT molecular complexity index is 642. The van der Waals surface area contributed by atoms with Crippen molar-refractivity contribution in [1.82, 2.24) is 4.98 Å². The molecule has 1 heterocycles. The molecule has 21 heavy (non-hydrogen) atoms. The molecule has 5 nitrogen and oxygen atoms in total. The Morgan fingerprint density at radius 1 is 1.29 bits per heavy atom. The van der Waals surface area contributed by atoms with Crippen molar-refractivity contribution in [3.8, 4) is 11.3 Å². The van der Waals surface area contributed by atoms with E-state index >= 15 is 0 Å². The summed E-state index contributed by atoms with van der Waals surface area (Å²) in [7, 11) is 0. The van der Waals surface area contributed by atoms with Crippen molar-refractivity contribution in [2.45, 2.75) is 27.2 Å². The van der Waals surface area contributed by atoms with Crippen LogP contribution in [0.4, 0.5) is 10.8 Å². The van der Waals surface area contributed by atoms with Crippen molar-refractivity contribution < 1.29 is 4.79 Å². The molecule has 0 unspecified atom stereocenters. The topological polar surface area (TPSA) is 66.4 Å². The van der Waals surface area contributed by atoms with Gasteiger partial charge in [0.2, 0.25) is 11.0 Å². The minimum atomic E-state index is 0.00990. The van der Waals surface area contributed by atoms with Crippen molar-refractivity contribution in [1.29, 1.82) is 0 Å². The van der Waals surface area contributed by atoms with Crippen molar-refractivity contribution in [2.24, 2.45) is 5.10 Å². The second-order valence-electron chi connectivity index (χ2n) is 4.69. The predicted molar refractivity (Wildman–Crippen MR) is 88.9 cm³/mol. The molecule has 0 bridgehead atoms. The van der Waals surface area contributed by atoms with E-state index in [-0.39, 0.29) is 5.91 Å². The summed E-state index contributed by atoms with van der Waals surface area (Å²) < 4.78 is 0. The molecule has 0 aliphatic heterocycles. The number of rotatable bonds is 5. The Morgan fingerprint density at radius 2 is 2.00 bits per heavy atom. The zero-order valence-electron chi connectivity index (χ0n) is 12.3. The van der Waals surface area contributed by atoms with Crippen LogP contribution in [0.1, 0.15) is 27.2 Å². The molecule has 1 amide bonds. The second-order valence-corrected chi connectivity index (χ2v) is 5.55. The minimum Gasteiger partial charge on any atom is -0.326 e. The van der Waals surface area contributed by atoms with E-state index in [9.17, 15) is 4.79 Å². The van der Waals surface area contributed by atoms with Crippen molar-refractivity contribution in [2.75, 3.05) is 10.7 Å². The Labute approximate surface area is 128 Å². The highest BCUT2D eigenvalue weighted by Crippen LogP contribution is 2.26. The number of nitrogens with zero attached hydrogens (tertiary/aromatic N) is 2. The normalized spacial score (nSPS) is 10.0. The monoisotopic (exact) mass is 302 g/mol. The summed E-state index contributed by atoms with van der Waals surface area (Å²) in [5, 5.41) is 9.68. The van der Waals surface area contributed by atoms with Crippen LogP contribution in [0.2, 0.25) is 0 Å². The van der Waals surface area contributed by atoms with Crippen LogP contribution < -0.4 is 10.7 Å². The van der Waals surface area contributed by atoms with Crippen LogP contribution >= 0.6 is 11.3 Å². The standard InChI is InChI=1S/C15H18N4OS/c1-4-14(20)16-12-7-5-11(6-8-12)13-9-21-15(17-13)19-18-10(2)3/h5-9H,4H2,1-3H3,(H,16,20)(H,17,19). The largest absolute Gasteiger partial charge is 0.326 e. The molecule has 0 radical (unpaired) electrons. The lowest BCUT2D eigenvalue weighted by atomic mass is 10.1. The molecule has 0 saturated heterocycles. The first-order valence-corrected chi connectivity index (χ1v) is 7.59. The third kappa shape index (κ3) is 4.39. The van der Waals surface area contributed by atoms with Crippen LogP contribution in [0, 0.1) is 0 Å². The lowest BCUT2D eigenvalue weighted by molar-refractivity contribution is -0.115. The summed E-state index contributed by atoms with van der Waals surface area (Å²) in [5.41, 5.74) is 6.56. The highest BCUT2D eigenvalue weighted by molar-refractivity contribution is 7.14. The molecule has 2 aromatic rings. The van der Waals surface area contributed by atoms with Gasteiger partial charge < -0.3 is 5.32 Å². The van der Waals surface area contributed by atoms with E-state index in [1.54, 1.807) is 0 Å². The summed E-state index contributed by atoms with van der Waals surface area (Å²) in [6.07, 6.45) is 0.472. The number of benzene rings is 1. The minimum absolute atomic E-state index is 0.00990. The number of thiazole rings is 1. The van der Waals surface area contributed by atoms with E-state index < -0.39 is 0 Å². The van der Waals surface area contributed by atoms with Crippen molar-refractivity contribution in [3.05, 3.63) is 29.6 Å². The zero-order valence-corrected chi connectivity index (χ0v) is 13.1. The third-order valence-electron chi connectivity index (χ3n) is 2.66. The number of hydrazone groups is 1. The van der Waals surface area contributed by atoms with Crippen LogP contribution in [0.25, 0.3) is 11.3 Å². The van der Waals surface area contributed by atoms with Gasteiger partial charge in [-0.2, -0.15) is 5.10 Å². The number of amides is 1. The SMILES string of the molecule is CCC(=O)Nc1ccc(-c2csc(NN=C(C)C)n2)cc1. The molecular formula is C15H18N4OS. The van der Waals surface area contributed by atoms with Crippen LogP contribution in [0.3, 0.4) is 0 Å². The van der Waals surface area contributed by atoms with E-state index in [1.165, 1.54) is 11.3 Å². The Kier molecular flexibility index (Phi) is 5.05. The smallest absolute Gasteiger partial charge is 0.224 e. The molecule has 0 aliphatic carbocycles. The summed E-state index contributed by atoms with van der Waals surface area (Å²) in [6.45, 7) is 5.67. The fourth-order valence-electron chi connectivity index (χ4n) is 1.59. The van der Waals surface area contributed by atoms with E-state index in [0.29, 0.717) is 6.42 Å². The summed E-state index contributed by atoms with van der Waals surface area (Å²) in [5.74, 6) is 0.00990. The molecule has 2 N–H and O–H groups in total. The third-order valence-corrected chi connectivity index (χ3v) is 3.41. The van der Waals surface area contributed by atoms with Gasteiger partial charge in [-0.05, 0) is 26.0 Å². The van der Waals surface area contributed by atoms with Crippen LogP contribution in [-0.2, 0) is 4.79 Å². The molecule has 2 rings (SSSR count). The van der Waals surface area contributed by atoms with E-state index in [1.807, 2.05) is 50.4 Å². The zero-order chi connectivity index (χ0) is 15.2. The van der Waals surface area contributed by atoms with E-state index in [0.717, 1.165) is 27.8 Å². The first kappa shape index (κ1) is 15.2. The highest BCUT2D eigenvalue weighted by Gasteiger charge is 2.05. The summed E-state index contributed by atoms with van der Waals surface area (Å²) in [4.78, 5) is 15.8. The molecule has 0 saturated carbocycles. The number of carbonyl (C=O) groups is 1. The lowest BCUT2D eigenvalue weighted by Gasteiger charge is -2.04. The Balaban J connectivity index is 2.08. The average Bonchev–Trinajstić information content (AvgIpc) is 2.94. The van der Waals surface area contributed by atoms with Crippen LogP contribution in [-0.4, -0.2) is 16.6 Å². The van der Waals surface area contributed by atoms with Gasteiger partial charge in [0.25, 0.3) is 0 Å². The highest BCUT2D eigenvalue weighted by atomic mass is 32.1. The molecule has 0 spiro atoms. The van der Waals surface area contributed by atoms with E-state index in [4.69, 9.17) is 0 Å². The first-order chi connectivity index (χ1) is 10.1. The average molecular weight is 302 g/mol. The van der Waals surface area contributed by atoms with Gasteiger partial charge in [0.1, 0.15) is 0 Å². The maximum Gasteiger partial charge on any atom is 0.224 e.